The number of fused-ring (bicyclic) bond motifs is 5. The van der Waals surface area contributed by atoms with Gasteiger partial charge in [-0.05, 0) is 97.7 Å². The highest BCUT2D eigenvalue weighted by molar-refractivity contribution is 5.96. The summed E-state index contributed by atoms with van der Waals surface area (Å²) in [5.74, 6) is 1.94. The first-order chi connectivity index (χ1) is 15.9. The molecule has 0 unspecified atom stereocenters. The van der Waals surface area contributed by atoms with Crippen molar-refractivity contribution >= 4 is 11.6 Å². The van der Waals surface area contributed by atoms with Gasteiger partial charge in [0.2, 0.25) is 0 Å². The molecule has 6 atom stereocenters. The average Bonchev–Trinajstić information content (AvgIpc) is 3.13. The van der Waals surface area contributed by atoms with Crippen molar-refractivity contribution in [3.8, 4) is 0 Å². The number of oxime groups is 1. The van der Waals surface area contributed by atoms with Gasteiger partial charge in [-0.15, -0.1) is 0 Å². The van der Waals surface area contributed by atoms with E-state index in [4.69, 9.17) is 4.84 Å². The number of pyridine rings is 1. The molecule has 6 heteroatoms. The molecule has 4 aliphatic carbocycles. The van der Waals surface area contributed by atoms with Crippen LogP contribution in [-0.4, -0.2) is 34.4 Å². The predicted octanol–water partition coefficient (Wildman–Crippen LogP) is 4.39. The summed E-state index contributed by atoms with van der Waals surface area (Å²) in [6.07, 6.45) is 14.5. The lowest BCUT2D eigenvalue weighted by Crippen LogP contribution is -2.51. The van der Waals surface area contributed by atoms with Crippen molar-refractivity contribution in [3.63, 3.8) is 0 Å². The van der Waals surface area contributed by atoms with Gasteiger partial charge < -0.3 is 15.3 Å². The van der Waals surface area contributed by atoms with Crippen LogP contribution in [0.15, 0.2) is 41.3 Å². The van der Waals surface area contributed by atoms with Crippen molar-refractivity contribution in [2.45, 2.75) is 77.9 Å². The van der Waals surface area contributed by atoms with E-state index in [9.17, 15) is 9.90 Å². The molecule has 0 bridgehead atoms. The molecule has 0 spiro atoms. The summed E-state index contributed by atoms with van der Waals surface area (Å²) < 4.78 is 0. The van der Waals surface area contributed by atoms with Crippen LogP contribution in [-0.2, 0) is 16.2 Å². The number of amides is 1. The fourth-order valence-electron chi connectivity index (χ4n) is 7.54. The van der Waals surface area contributed by atoms with Crippen molar-refractivity contribution < 1.29 is 14.7 Å². The smallest absolute Gasteiger partial charge is 0.261 e. The topological polar surface area (TPSA) is 83.8 Å². The first kappa shape index (κ1) is 22.6. The van der Waals surface area contributed by atoms with Gasteiger partial charge in [-0.25, -0.2) is 0 Å². The Morgan fingerprint density at radius 1 is 1.21 bits per heavy atom. The van der Waals surface area contributed by atoms with Crippen molar-refractivity contribution in [1.82, 2.24) is 10.3 Å². The van der Waals surface area contributed by atoms with Crippen LogP contribution in [0.5, 0.6) is 0 Å². The second-order valence-electron chi connectivity index (χ2n) is 11.1. The van der Waals surface area contributed by atoms with Gasteiger partial charge >= 0.3 is 0 Å². The van der Waals surface area contributed by atoms with Crippen LogP contribution in [0.3, 0.4) is 0 Å². The lowest BCUT2D eigenvalue weighted by Gasteiger charge is -2.57. The van der Waals surface area contributed by atoms with Crippen molar-refractivity contribution in [2.75, 3.05) is 6.61 Å². The van der Waals surface area contributed by atoms with Crippen LogP contribution in [0.25, 0.3) is 0 Å². The fourth-order valence-corrected chi connectivity index (χ4v) is 7.54. The van der Waals surface area contributed by atoms with E-state index in [2.05, 4.69) is 35.4 Å². The molecule has 3 saturated carbocycles. The van der Waals surface area contributed by atoms with Gasteiger partial charge in [0.05, 0.1) is 11.8 Å². The van der Waals surface area contributed by atoms with Crippen molar-refractivity contribution in [1.29, 1.82) is 0 Å². The van der Waals surface area contributed by atoms with E-state index in [1.165, 1.54) is 24.8 Å². The van der Waals surface area contributed by atoms with Gasteiger partial charge in [-0.3, -0.25) is 9.78 Å². The number of carbonyl (C=O) groups excluding carboxylic acids is 1. The molecule has 0 aromatic carbocycles. The maximum absolute atomic E-state index is 12.1. The number of hydrogen-bond donors (Lipinski definition) is 2. The first-order valence-corrected chi connectivity index (χ1v) is 12.6. The first-order valence-electron chi connectivity index (χ1n) is 12.6. The average molecular weight is 452 g/mol. The van der Waals surface area contributed by atoms with Crippen LogP contribution < -0.4 is 5.32 Å². The molecule has 1 amide bonds. The van der Waals surface area contributed by atoms with E-state index in [0.29, 0.717) is 18.4 Å². The van der Waals surface area contributed by atoms with Gasteiger partial charge in [0.25, 0.3) is 5.91 Å². The standard InChI is InChI=1S/C27H37N3O3/c1-26-11-9-20(30-33-17-25(32)29-16-18-4-3-13-28-15-18)14-19(26)5-6-21-22-7-8-24(31)27(22,2)12-10-23(21)26/h3-4,13-15,21-24,31H,5-12,16-17H2,1-2H3,(H,29,32)/b30-20+/t21-,22+,23-,24+,26+,27+/m1/s1. The highest BCUT2D eigenvalue weighted by Gasteiger charge is 2.58. The molecule has 178 valence electrons. The maximum Gasteiger partial charge on any atom is 0.261 e. The number of rotatable bonds is 5. The third-order valence-corrected chi connectivity index (χ3v) is 9.52. The number of aromatic nitrogens is 1. The number of allylic oxidation sites excluding steroid dienone is 2. The molecule has 0 saturated heterocycles. The van der Waals surface area contributed by atoms with E-state index >= 15 is 0 Å². The molecular formula is C27H37N3O3. The molecule has 0 aliphatic heterocycles. The lowest BCUT2D eigenvalue weighted by molar-refractivity contribution is -0.125. The third-order valence-electron chi connectivity index (χ3n) is 9.52. The molecule has 33 heavy (non-hydrogen) atoms. The summed E-state index contributed by atoms with van der Waals surface area (Å²) in [6, 6.07) is 3.78. The predicted molar refractivity (Wildman–Crippen MR) is 127 cm³/mol. The zero-order chi connectivity index (χ0) is 23.1. The number of nitrogens with zero attached hydrogens (tertiary/aromatic N) is 2. The Bertz CT molecular complexity index is 945. The van der Waals surface area contributed by atoms with Crippen LogP contribution in [0.1, 0.15) is 70.8 Å². The van der Waals surface area contributed by atoms with Crippen molar-refractivity contribution in [3.05, 3.63) is 41.7 Å². The molecule has 2 N–H and O–H groups in total. The van der Waals surface area contributed by atoms with E-state index in [0.717, 1.165) is 49.3 Å². The summed E-state index contributed by atoms with van der Waals surface area (Å²) in [5.41, 5.74) is 3.79. The Hall–Kier alpha value is -2.21. The van der Waals surface area contributed by atoms with Crippen LogP contribution in [0.2, 0.25) is 0 Å². The Morgan fingerprint density at radius 3 is 2.91 bits per heavy atom. The second kappa shape index (κ2) is 8.86. The Morgan fingerprint density at radius 2 is 2.09 bits per heavy atom. The van der Waals surface area contributed by atoms with Crippen LogP contribution >= 0.6 is 0 Å². The van der Waals surface area contributed by atoms with Gasteiger partial charge in [0.1, 0.15) is 0 Å². The minimum absolute atomic E-state index is 0.0719. The molecule has 4 aliphatic rings. The van der Waals surface area contributed by atoms with Crippen LogP contribution in [0, 0.1) is 28.6 Å². The largest absolute Gasteiger partial charge is 0.393 e. The number of nitrogens with one attached hydrogen (secondary N) is 1. The van der Waals surface area contributed by atoms with Gasteiger partial charge in [-0.2, -0.15) is 0 Å². The monoisotopic (exact) mass is 451 g/mol. The van der Waals surface area contributed by atoms with E-state index in [1.54, 1.807) is 12.4 Å². The number of aliphatic hydroxyl groups is 1. The molecular weight excluding hydrogens is 414 g/mol. The molecule has 1 aromatic heterocycles. The minimum Gasteiger partial charge on any atom is -0.393 e. The Kier molecular flexibility index (Phi) is 6.06. The summed E-state index contributed by atoms with van der Waals surface area (Å²) in [5, 5.41) is 17.8. The molecule has 1 aromatic rings. The molecule has 6 nitrogen and oxygen atoms in total. The van der Waals surface area contributed by atoms with Gasteiger partial charge in [-0.1, -0.05) is 30.6 Å². The number of hydrogen-bond acceptors (Lipinski definition) is 5. The third kappa shape index (κ3) is 4.11. The van der Waals surface area contributed by atoms with Crippen LogP contribution in [0.4, 0.5) is 0 Å². The zero-order valence-corrected chi connectivity index (χ0v) is 19.9. The van der Waals surface area contributed by atoms with Gasteiger partial charge in [0.15, 0.2) is 6.61 Å². The fraction of sp³-hybridized carbons (Fsp3) is 0.667. The summed E-state index contributed by atoms with van der Waals surface area (Å²) in [6.45, 7) is 5.18. The Balaban J connectivity index is 1.19. The molecule has 5 rings (SSSR count). The quantitative estimate of drug-likeness (QED) is 0.650. The van der Waals surface area contributed by atoms with Gasteiger partial charge in [0, 0.05) is 18.9 Å². The molecule has 3 fully saturated rings. The maximum atomic E-state index is 12.1. The zero-order valence-electron chi connectivity index (χ0n) is 19.9. The highest BCUT2D eigenvalue weighted by atomic mass is 16.6. The molecule has 0 radical (unpaired) electrons. The summed E-state index contributed by atoms with van der Waals surface area (Å²) >= 11 is 0. The normalized spacial score (nSPS) is 38.6. The number of carbonyl (C=O) groups is 1. The summed E-state index contributed by atoms with van der Waals surface area (Å²) in [7, 11) is 0. The van der Waals surface area contributed by atoms with Crippen molar-refractivity contribution in [2.24, 2.45) is 33.7 Å². The number of aliphatic hydroxyl groups excluding tert-OH is 1. The second-order valence-corrected chi connectivity index (χ2v) is 11.1. The van der Waals surface area contributed by atoms with E-state index in [-0.39, 0.29) is 29.4 Å². The lowest BCUT2D eigenvalue weighted by atomic mass is 9.47. The SMILES string of the molecule is C[C@]12CC[C@@H]3[C@H](CCC4=C/C(=N/OCC(=O)NCc5cccnc5)CC[C@@]43C)[C@@H]1CC[C@@H]2O. The minimum atomic E-state index is -0.180. The Labute approximate surface area is 196 Å². The molecule has 1 heterocycles. The van der Waals surface area contributed by atoms with E-state index < -0.39 is 0 Å². The summed E-state index contributed by atoms with van der Waals surface area (Å²) in [4.78, 5) is 21.5. The van der Waals surface area contributed by atoms with E-state index in [1.807, 2.05) is 12.1 Å². The highest BCUT2D eigenvalue weighted by Crippen LogP contribution is 2.65.